The van der Waals surface area contributed by atoms with Crippen LogP contribution < -0.4 is 0 Å². The molecule has 7 heavy (non-hydrogen) atoms. The molecule has 0 heterocycles. The summed E-state index contributed by atoms with van der Waals surface area (Å²) in [4.78, 5) is 0. The minimum absolute atomic E-state index is 0.944. The van der Waals surface area contributed by atoms with Crippen LogP contribution in [0.2, 0.25) is 0 Å². The fraction of sp³-hybridized carbons (Fsp3) is 1.00. The van der Waals surface area contributed by atoms with Crippen molar-refractivity contribution in [3.05, 3.63) is 0 Å². The van der Waals surface area contributed by atoms with Gasteiger partial charge in [0.15, 0.2) is 0 Å². The van der Waals surface area contributed by atoms with Gasteiger partial charge in [-0.3, -0.25) is 0 Å². The molecule has 2 fully saturated rings. The molecule has 0 N–H and O–H groups in total. The van der Waals surface area contributed by atoms with Gasteiger partial charge < -0.3 is 0 Å². The van der Waals surface area contributed by atoms with Gasteiger partial charge in [0.05, 0.1) is 0 Å². The third kappa shape index (κ3) is 0.427. The van der Waals surface area contributed by atoms with Crippen molar-refractivity contribution in [2.24, 2.45) is 11.3 Å². The van der Waals surface area contributed by atoms with Gasteiger partial charge in [0.25, 0.3) is 0 Å². The second-order valence-electron chi connectivity index (χ2n) is 3.51. The molecule has 0 bridgehead atoms. The SMILES string of the molecule is CC1CC2(CC2)C1. The minimum Gasteiger partial charge on any atom is -0.0625 e. The molecule has 0 aromatic heterocycles. The lowest BCUT2D eigenvalue weighted by Crippen LogP contribution is -2.21. The quantitative estimate of drug-likeness (QED) is 0.433. The third-order valence-electron chi connectivity index (χ3n) is 2.52. The highest BCUT2D eigenvalue weighted by Crippen LogP contribution is 2.62. The zero-order valence-electron chi connectivity index (χ0n) is 4.91. The molecule has 2 aliphatic carbocycles. The molecule has 0 unspecified atom stereocenters. The summed E-state index contributed by atoms with van der Waals surface area (Å²) in [6, 6.07) is 0. The monoisotopic (exact) mass is 96.1 g/mol. The Kier molecular flexibility index (Phi) is 0.499. The maximum atomic E-state index is 2.36. The second kappa shape index (κ2) is 0.888. The van der Waals surface area contributed by atoms with Gasteiger partial charge in [0.1, 0.15) is 0 Å². The lowest BCUT2D eigenvalue weighted by atomic mass is 9.73. The van der Waals surface area contributed by atoms with Gasteiger partial charge in [-0.05, 0) is 37.0 Å². The van der Waals surface area contributed by atoms with Crippen molar-refractivity contribution in [1.29, 1.82) is 0 Å². The van der Waals surface area contributed by atoms with E-state index < -0.39 is 0 Å². The standard InChI is InChI=1S/C7H12/c1-6-4-7(5-6)2-3-7/h6H,2-5H2,1H3. The van der Waals surface area contributed by atoms with E-state index in [2.05, 4.69) is 6.92 Å². The number of hydrogen-bond acceptors (Lipinski definition) is 0. The van der Waals surface area contributed by atoms with E-state index in [4.69, 9.17) is 0 Å². The van der Waals surface area contributed by atoms with Gasteiger partial charge in [-0.25, -0.2) is 0 Å². The average Bonchev–Trinajstić information content (AvgIpc) is 2.14. The van der Waals surface area contributed by atoms with Crippen LogP contribution >= 0.6 is 0 Å². The largest absolute Gasteiger partial charge is 0.0625 e. The highest BCUT2D eigenvalue weighted by Gasteiger charge is 2.50. The Morgan fingerprint density at radius 3 is 2.00 bits per heavy atom. The fourth-order valence-electron chi connectivity index (χ4n) is 2.00. The van der Waals surface area contributed by atoms with Crippen LogP contribution in [0.15, 0.2) is 0 Å². The highest BCUT2D eigenvalue weighted by atomic mass is 14.6. The van der Waals surface area contributed by atoms with E-state index in [1.807, 2.05) is 0 Å². The molecule has 0 aromatic rings. The summed E-state index contributed by atoms with van der Waals surface area (Å²) in [6.07, 6.45) is 6.20. The van der Waals surface area contributed by atoms with Crippen molar-refractivity contribution in [2.75, 3.05) is 0 Å². The van der Waals surface area contributed by atoms with E-state index in [1.165, 1.54) is 0 Å². The van der Waals surface area contributed by atoms with Gasteiger partial charge in [-0.15, -0.1) is 0 Å². The second-order valence-corrected chi connectivity index (χ2v) is 3.51. The summed E-state index contributed by atoms with van der Waals surface area (Å²) < 4.78 is 0. The summed E-state index contributed by atoms with van der Waals surface area (Å²) in [5.41, 5.74) is 0.944. The first-order chi connectivity index (χ1) is 3.31. The van der Waals surface area contributed by atoms with Crippen LogP contribution in [0.5, 0.6) is 0 Å². The molecule has 40 valence electrons. The first-order valence-corrected chi connectivity index (χ1v) is 3.31. The Hall–Kier alpha value is 0. The Morgan fingerprint density at radius 1 is 1.29 bits per heavy atom. The number of hydrogen-bond donors (Lipinski definition) is 0. The van der Waals surface area contributed by atoms with Crippen molar-refractivity contribution >= 4 is 0 Å². The Bertz CT molecular complexity index is 82.2. The molecule has 0 saturated heterocycles. The first-order valence-electron chi connectivity index (χ1n) is 3.31. The molecule has 0 aromatic carbocycles. The summed E-state index contributed by atoms with van der Waals surface area (Å²) in [5.74, 6) is 1.07. The van der Waals surface area contributed by atoms with E-state index in [-0.39, 0.29) is 0 Å². The van der Waals surface area contributed by atoms with Crippen molar-refractivity contribution < 1.29 is 0 Å². The summed E-state index contributed by atoms with van der Waals surface area (Å²) in [7, 11) is 0. The average molecular weight is 96.2 g/mol. The van der Waals surface area contributed by atoms with Gasteiger partial charge in [-0.1, -0.05) is 6.92 Å². The topological polar surface area (TPSA) is 0 Å². The van der Waals surface area contributed by atoms with E-state index in [9.17, 15) is 0 Å². The molecule has 2 rings (SSSR count). The molecule has 2 saturated carbocycles. The zero-order chi connectivity index (χ0) is 4.91. The molecular weight excluding hydrogens is 84.1 g/mol. The lowest BCUT2D eigenvalue weighted by Gasteiger charge is -2.32. The van der Waals surface area contributed by atoms with Crippen LogP contribution in [-0.4, -0.2) is 0 Å². The van der Waals surface area contributed by atoms with Crippen molar-refractivity contribution in [1.82, 2.24) is 0 Å². The van der Waals surface area contributed by atoms with E-state index in [0.29, 0.717) is 0 Å². The maximum Gasteiger partial charge on any atom is -0.0292 e. The molecule has 0 heteroatoms. The first kappa shape index (κ1) is 3.94. The van der Waals surface area contributed by atoms with Crippen molar-refractivity contribution in [3.8, 4) is 0 Å². The normalized spacial score (nSPS) is 35.6. The van der Waals surface area contributed by atoms with E-state index in [1.54, 1.807) is 25.7 Å². The lowest BCUT2D eigenvalue weighted by molar-refractivity contribution is 0.187. The Morgan fingerprint density at radius 2 is 1.86 bits per heavy atom. The van der Waals surface area contributed by atoms with Gasteiger partial charge in [0, 0.05) is 0 Å². The highest BCUT2D eigenvalue weighted by molar-refractivity contribution is 5.02. The predicted molar refractivity (Wildman–Crippen MR) is 30.1 cm³/mol. The molecular formula is C7H12. The number of rotatable bonds is 0. The van der Waals surface area contributed by atoms with Crippen molar-refractivity contribution in [3.63, 3.8) is 0 Å². The van der Waals surface area contributed by atoms with Crippen LogP contribution in [0.4, 0.5) is 0 Å². The molecule has 0 aliphatic heterocycles. The van der Waals surface area contributed by atoms with E-state index in [0.717, 1.165) is 11.3 Å². The summed E-state index contributed by atoms with van der Waals surface area (Å²) in [6.45, 7) is 2.36. The van der Waals surface area contributed by atoms with Crippen LogP contribution in [0.1, 0.15) is 32.6 Å². The molecule has 0 nitrogen and oxygen atoms in total. The molecule has 1 spiro atoms. The smallest absolute Gasteiger partial charge is 0.0292 e. The van der Waals surface area contributed by atoms with E-state index >= 15 is 0 Å². The van der Waals surface area contributed by atoms with Gasteiger partial charge in [0.2, 0.25) is 0 Å². The fourth-order valence-corrected chi connectivity index (χ4v) is 2.00. The summed E-state index contributed by atoms with van der Waals surface area (Å²) >= 11 is 0. The molecule has 0 amide bonds. The van der Waals surface area contributed by atoms with Crippen LogP contribution in [0.3, 0.4) is 0 Å². The van der Waals surface area contributed by atoms with Crippen LogP contribution in [0.25, 0.3) is 0 Å². The predicted octanol–water partition coefficient (Wildman–Crippen LogP) is 2.20. The molecule has 0 radical (unpaired) electrons. The van der Waals surface area contributed by atoms with Crippen molar-refractivity contribution in [2.45, 2.75) is 32.6 Å². The van der Waals surface area contributed by atoms with Crippen LogP contribution in [-0.2, 0) is 0 Å². The van der Waals surface area contributed by atoms with Crippen LogP contribution in [0, 0.1) is 11.3 Å². The van der Waals surface area contributed by atoms with Gasteiger partial charge in [-0.2, -0.15) is 0 Å². The zero-order valence-corrected chi connectivity index (χ0v) is 4.91. The Balaban J connectivity index is 1.97. The third-order valence-corrected chi connectivity index (χ3v) is 2.52. The van der Waals surface area contributed by atoms with Gasteiger partial charge >= 0.3 is 0 Å². The Labute approximate surface area is 44.9 Å². The molecule has 2 aliphatic rings. The maximum absolute atomic E-state index is 2.36. The molecule has 0 atom stereocenters. The minimum atomic E-state index is 0.944. The summed E-state index contributed by atoms with van der Waals surface area (Å²) in [5, 5.41) is 0.